The van der Waals surface area contributed by atoms with Crippen LogP contribution in [0.1, 0.15) is 54.0 Å². The van der Waals surface area contributed by atoms with Gasteiger partial charge in [-0.3, -0.25) is 4.79 Å². The molecule has 1 aromatic carbocycles. The molecule has 1 heterocycles. The molecule has 1 fully saturated rings. The minimum absolute atomic E-state index is 0.0391. The molecule has 0 spiro atoms. The number of rotatable bonds is 8. The second-order valence-electron chi connectivity index (χ2n) is 7.43. The SMILES string of the molecule is COC(=O)c1ccc(COc2ccc(C=C(C#N)C(=O)NC3CCCCC3)cc2OC)o1. The average molecular weight is 438 g/mol. The maximum Gasteiger partial charge on any atom is 0.373 e. The first-order valence-electron chi connectivity index (χ1n) is 10.4. The largest absolute Gasteiger partial charge is 0.493 e. The molecular formula is C24H26N2O6. The van der Waals surface area contributed by atoms with Crippen LogP contribution in [0.15, 0.2) is 40.3 Å². The minimum Gasteiger partial charge on any atom is -0.493 e. The zero-order valence-electron chi connectivity index (χ0n) is 18.2. The highest BCUT2D eigenvalue weighted by atomic mass is 16.5. The van der Waals surface area contributed by atoms with Crippen molar-refractivity contribution in [3.63, 3.8) is 0 Å². The summed E-state index contributed by atoms with van der Waals surface area (Å²) < 4.78 is 21.1. The number of esters is 1. The van der Waals surface area contributed by atoms with Crippen molar-refractivity contribution in [2.75, 3.05) is 14.2 Å². The van der Waals surface area contributed by atoms with Crippen LogP contribution >= 0.6 is 0 Å². The van der Waals surface area contributed by atoms with E-state index in [4.69, 9.17) is 13.9 Å². The zero-order chi connectivity index (χ0) is 22.9. The number of carbonyl (C=O) groups excluding carboxylic acids is 2. The number of hydrogen-bond donors (Lipinski definition) is 1. The number of ether oxygens (including phenoxy) is 3. The Morgan fingerprint density at radius 2 is 1.94 bits per heavy atom. The van der Waals surface area contributed by atoms with E-state index in [1.54, 1.807) is 24.3 Å². The van der Waals surface area contributed by atoms with E-state index in [-0.39, 0.29) is 29.9 Å². The first kappa shape index (κ1) is 22.9. The van der Waals surface area contributed by atoms with E-state index in [1.807, 2.05) is 6.07 Å². The van der Waals surface area contributed by atoms with Gasteiger partial charge in [0.2, 0.25) is 5.76 Å². The van der Waals surface area contributed by atoms with Crippen molar-refractivity contribution >= 4 is 18.0 Å². The summed E-state index contributed by atoms with van der Waals surface area (Å²) in [7, 11) is 2.78. The van der Waals surface area contributed by atoms with E-state index in [0.29, 0.717) is 22.8 Å². The molecule has 0 radical (unpaired) electrons. The number of benzene rings is 1. The second-order valence-corrected chi connectivity index (χ2v) is 7.43. The van der Waals surface area contributed by atoms with Crippen molar-refractivity contribution in [2.24, 2.45) is 0 Å². The first-order valence-corrected chi connectivity index (χ1v) is 10.4. The van der Waals surface area contributed by atoms with Gasteiger partial charge in [-0.25, -0.2) is 4.79 Å². The molecule has 168 valence electrons. The van der Waals surface area contributed by atoms with Gasteiger partial charge in [0.1, 0.15) is 24.0 Å². The van der Waals surface area contributed by atoms with Gasteiger partial charge in [-0.2, -0.15) is 5.26 Å². The highest BCUT2D eigenvalue weighted by molar-refractivity contribution is 6.01. The van der Waals surface area contributed by atoms with Crippen LogP contribution in [-0.2, 0) is 16.1 Å². The Morgan fingerprint density at radius 3 is 2.62 bits per heavy atom. The van der Waals surface area contributed by atoms with Crippen molar-refractivity contribution in [3.05, 3.63) is 53.0 Å². The zero-order valence-corrected chi connectivity index (χ0v) is 18.2. The van der Waals surface area contributed by atoms with Gasteiger partial charge in [-0.15, -0.1) is 0 Å². The van der Waals surface area contributed by atoms with Crippen molar-refractivity contribution in [2.45, 2.75) is 44.8 Å². The van der Waals surface area contributed by atoms with Crippen molar-refractivity contribution < 1.29 is 28.2 Å². The predicted octanol–water partition coefficient (Wildman–Crippen LogP) is 4.01. The Balaban J connectivity index is 1.68. The monoisotopic (exact) mass is 438 g/mol. The van der Waals surface area contributed by atoms with E-state index in [1.165, 1.54) is 32.8 Å². The molecule has 2 aromatic rings. The molecule has 1 aliphatic rings. The molecule has 3 rings (SSSR count). The van der Waals surface area contributed by atoms with Crippen LogP contribution < -0.4 is 14.8 Å². The van der Waals surface area contributed by atoms with Gasteiger partial charge >= 0.3 is 5.97 Å². The summed E-state index contributed by atoms with van der Waals surface area (Å²) >= 11 is 0. The highest BCUT2D eigenvalue weighted by Crippen LogP contribution is 2.30. The van der Waals surface area contributed by atoms with E-state index in [2.05, 4.69) is 10.1 Å². The molecular weight excluding hydrogens is 412 g/mol. The summed E-state index contributed by atoms with van der Waals surface area (Å²) in [6.07, 6.45) is 6.80. The van der Waals surface area contributed by atoms with Crippen LogP contribution in [0.3, 0.4) is 0 Å². The van der Waals surface area contributed by atoms with Crippen LogP contribution in [0.2, 0.25) is 0 Å². The Labute approximate surface area is 186 Å². The number of furan rings is 1. The predicted molar refractivity (Wildman–Crippen MR) is 116 cm³/mol. The maximum absolute atomic E-state index is 12.5. The van der Waals surface area contributed by atoms with Gasteiger partial charge < -0.3 is 23.9 Å². The summed E-state index contributed by atoms with van der Waals surface area (Å²) in [5.41, 5.74) is 0.674. The van der Waals surface area contributed by atoms with Crippen LogP contribution in [0.4, 0.5) is 0 Å². The average Bonchev–Trinajstić information content (AvgIpc) is 3.30. The third kappa shape index (κ3) is 5.91. The van der Waals surface area contributed by atoms with Gasteiger partial charge in [0.05, 0.1) is 14.2 Å². The number of nitrogens with zero attached hydrogens (tertiary/aromatic N) is 1. The Hall–Kier alpha value is -3.73. The van der Waals surface area contributed by atoms with Crippen LogP contribution in [0.5, 0.6) is 11.5 Å². The second kappa shape index (κ2) is 11.0. The summed E-state index contributed by atoms with van der Waals surface area (Å²) in [5.74, 6) is 0.495. The number of hydrogen-bond acceptors (Lipinski definition) is 7. The molecule has 0 bridgehead atoms. The van der Waals surface area contributed by atoms with Gasteiger partial charge in [0, 0.05) is 6.04 Å². The number of nitrogens with one attached hydrogen (secondary N) is 1. The minimum atomic E-state index is -0.564. The lowest BCUT2D eigenvalue weighted by Crippen LogP contribution is -2.36. The molecule has 1 amide bonds. The molecule has 8 heteroatoms. The molecule has 8 nitrogen and oxygen atoms in total. The maximum atomic E-state index is 12.5. The number of amides is 1. The fraction of sp³-hybridized carbons (Fsp3) is 0.375. The third-order valence-electron chi connectivity index (χ3n) is 5.22. The Bertz CT molecular complexity index is 1030. The van der Waals surface area contributed by atoms with Gasteiger partial charge in [-0.1, -0.05) is 25.3 Å². The van der Waals surface area contributed by atoms with Gasteiger partial charge in [-0.05, 0) is 48.7 Å². The summed E-state index contributed by atoms with van der Waals surface area (Å²) in [5, 5.41) is 12.4. The smallest absolute Gasteiger partial charge is 0.373 e. The number of carbonyl (C=O) groups is 2. The lowest BCUT2D eigenvalue weighted by atomic mass is 9.95. The third-order valence-corrected chi connectivity index (χ3v) is 5.22. The van der Waals surface area contributed by atoms with Gasteiger partial charge in [0.25, 0.3) is 5.91 Å². The fourth-order valence-corrected chi connectivity index (χ4v) is 3.53. The van der Waals surface area contributed by atoms with Crippen molar-refractivity contribution in [1.82, 2.24) is 5.32 Å². The molecule has 1 aliphatic carbocycles. The molecule has 1 N–H and O–H groups in total. The topological polar surface area (TPSA) is 111 Å². The van der Waals surface area contributed by atoms with E-state index < -0.39 is 5.97 Å². The van der Waals surface area contributed by atoms with E-state index >= 15 is 0 Å². The molecule has 0 atom stereocenters. The van der Waals surface area contributed by atoms with Crippen LogP contribution in [0, 0.1) is 11.3 Å². The van der Waals surface area contributed by atoms with E-state index in [0.717, 1.165) is 25.7 Å². The molecule has 32 heavy (non-hydrogen) atoms. The Morgan fingerprint density at radius 1 is 1.16 bits per heavy atom. The van der Waals surface area contributed by atoms with Crippen molar-refractivity contribution in [3.8, 4) is 17.6 Å². The lowest BCUT2D eigenvalue weighted by molar-refractivity contribution is -0.117. The number of methoxy groups -OCH3 is 2. The standard InChI is InChI=1S/C24H26N2O6/c1-29-22-13-16(12-17(14-25)23(27)26-18-6-4-3-5-7-18)8-10-20(22)31-15-19-9-11-21(32-19)24(28)30-2/h8-13,18H,3-7,15H2,1-2H3,(H,26,27). The van der Waals surface area contributed by atoms with E-state index in [9.17, 15) is 14.9 Å². The van der Waals surface area contributed by atoms with Crippen LogP contribution in [0.25, 0.3) is 6.08 Å². The molecule has 0 saturated heterocycles. The highest BCUT2D eigenvalue weighted by Gasteiger charge is 2.18. The molecule has 0 aliphatic heterocycles. The van der Waals surface area contributed by atoms with Crippen molar-refractivity contribution in [1.29, 1.82) is 5.26 Å². The fourth-order valence-electron chi connectivity index (χ4n) is 3.53. The summed E-state index contributed by atoms with van der Waals surface area (Å²) in [6.45, 7) is 0.0791. The Kier molecular flexibility index (Phi) is 7.92. The van der Waals surface area contributed by atoms with Crippen LogP contribution in [-0.4, -0.2) is 32.1 Å². The molecule has 1 aromatic heterocycles. The summed E-state index contributed by atoms with van der Waals surface area (Å²) in [6, 6.07) is 10.3. The molecule has 1 saturated carbocycles. The summed E-state index contributed by atoms with van der Waals surface area (Å²) in [4.78, 5) is 24.0. The molecule has 0 unspecified atom stereocenters. The quantitative estimate of drug-likeness (QED) is 0.377. The normalized spacial score (nSPS) is 14.3. The lowest BCUT2D eigenvalue weighted by Gasteiger charge is -2.22. The number of nitriles is 1. The van der Waals surface area contributed by atoms with Gasteiger partial charge in [0.15, 0.2) is 11.5 Å². The first-order chi connectivity index (χ1) is 15.5.